The number of hydrogen-bond acceptors (Lipinski definition) is 1. The van der Waals surface area contributed by atoms with Crippen LogP contribution in [-0.2, 0) is 4.79 Å². The van der Waals surface area contributed by atoms with Gasteiger partial charge in [0.2, 0.25) is 0 Å². The van der Waals surface area contributed by atoms with E-state index in [0.717, 1.165) is 31.4 Å². The maximum Gasteiger partial charge on any atom is 0.310 e. The van der Waals surface area contributed by atoms with Crippen molar-refractivity contribution in [2.75, 3.05) is 0 Å². The zero-order chi connectivity index (χ0) is 15.7. The van der Waals surface area contributed by atoms with Crippen molar-refractivity contribution in [3.8, 4) is 0 Å². The minimum Gasteiger partial charge on any atom is -0.481 e. The third-order valence-electron chi connectivity index (χ3n) is 3.74. The average Bonchev–Trinajstić information content (AvgIpc) is 2.45. The summed E-state index contributed by atoms with van der Waals surface area (Å²) in [6.45, 7) is 2.17. The van der Waals surface area contributed by atoms with Gasteiger partial charge in [0.25, 0.3) is 0 Å². The summed E-state index contributed by atoms with van der Waals surface area (Å²) in [5.74, 6) is -3.67. The Morgan fingerprint density at radius 2 is 1.67 bits per heavy atom. The molecule has 1 unspecified atom stereocenters. The van der Waals surface area contributed by atoms with Gasteiger partial charge in [0.05, 0.1) is 5.92 Å². The minimum absolute atomic E-state index is 0.340. The molecular formula is C17H24F2O2. The molecule has 0 aromatic heterocycles. The fourth-order valence-electron chi connectivity index (χ4n) is 2.47. The molecule has 1 aromatic carbocycles. The van der Waals surface area contributed by atoms with E-state index < -0.39 is 23.5 Å². The molecule has 21 heavy (non-hydrogen) atoms. The second kappa shape index (κ2) is 9.48. The van der Waals surface area contributed by atoms with Crippen LogP contribution in [0.1, 0.15) is 69.8 Å². The normalized spacial score (nSPS) is 12.3. The smallest absolute Gasteiger partial charge is 0.310 e. The van der Waals surface area contributed by atoms with E-state index >= 15 is 0 Å². The number of benzene rings is 1. The van der Waals surface area contributed by atoms with Gasteiger partial charge < -0.3 is 5.11 Å². The van der Waals surface area contributed by atoms with Crippen molar-refractivity contribution >= 4 is 5.97 Å². The highest BCUT2D eigenvalue weighted by Crippen LogP contribution is 2.25. The van der Waals surface area contributed by atoms with Gasteiger partial charge in [0.15, 0.2) is 11.6 Å². The summed E-state index contributed by atoms with van der Waals surface area (Å²) in [7, 11) is 0. The van der Waals surface area contributed by atoms with Gasteiger partial charge in [-0.05, 0) is 24.1 Å². The number of carboxylic acids is 1. The number of carboxylic acid groups (broad SMARTS) is 1. The van der Waals surface area contributed by atoms with Gasteiger partial charge >= 0.3 is 5.97 Å². The second-order valence-corrected chi connectivity index (χ2v) is 5.47. The van der Waals surface area contributed by atoms with Crippen molar-refractivity contribution in [2.24, 2.45) is 0 Å². The molecule has 1 N–H and O–H groups in total. The van der Waals surface area contributed by atoms with E-state index in [1.54, 1.807) is 0 Å². The largest absolute Gasteiger partial charge is 0.481 e. The van der Waals surface area contributed by atoms with Crippen LogP contribution in [0, 0.1) is 11.6 Å². The third kappa shape index (κ3) is 6.23. The number of carbonyl (C=O) groups is 1. The molecule has 0 fully saturated rings. The van der Waals surface area contributed by atoms with Crippen molar-refractivity contribution < 1.29 is 18.7 Å². The summed E-state index contributed by atoms with van der Waals surface area (Å²) >= 11 is 0. The molecule has 0 spiro atoms. The molecule has 0 heterocycles. The first-order chi connectivity index (χ1) is 10.1. The fourth-order valence-corrected chi connectivity index (χ4v) is 2.47. The summed E-state index contributed by atoms with van der Waals surface area (Å²) in [4.78, 5) is 11.3. The fraction of sp³-hybridized carbons (Fsp3) is 0.588. The van der Waals surface area contributed by atoms with Gasteiger partial charge in [-0.3, -0.25) is 4.79 Å². The highest BCUT2D eigenvalue weighted by atomic mass is 19.2. The topological polar surface area (TPSA) is 37.3 Å². The molecule has 1 rings (SSSR count). The zero-order valence-electron chi connectivity index (χ0n) is 12.6. The van der Waals surface area contributed by atoms with Gasteiger partial charge in [-0.1, -0.05) is 57.9 Å². The van der Waals surface area contributed by atoms with E-state index in [0.29, 0.717) is 12.0 Å². The van der Waals surface area contributed by atoms with Crippen LogP contribution in [0.2, 0.25) is 0 Å². The van der Waals surface area contributed by atoms with Crippen molar-refractivity contribution in [2.45, 2.75) is 64.2 Å². The van der Waals surface area contributed by atoms with Gasteiger partial charge in [-0.2, -0.15) is 0 Å². The monoisotopic (exact) mass is 298 g/mol. The average molecular weight is 298 g/mol. The molecule has 0 amide bonds. The van der Waals surface area contributed by atoms with Crippen LogP contribution in [-0.4, -0.2) is 11.1 Å². The minimum atomic E-state index is -0.988. The second-order valence-electron chi connectivity index (χ2n) is 5.47. The first kappa shape index (κ1) is 17.6. The number of hydrogen-bond donors (Lipinski definition) is 1. The van der Waals surface area contributed by atoms with Crippen LogP contribution in [0.3, 0.4) is 0 Å². The maximum absolute atomic E-state index is 13.2. The molecule has 0 aliphatic rings. The molecule has 2 nitrogen and oxygen atoms in total. The van der Waals surface area contributed by atoms with Gasteiger partial charge in [-0.25, -0.2) is 8.78 Å². The summed E-state index contributed by atoms with van der Waals surface area (Å²) in [6, 6.07) is 3.35. The molecule has 118 valence electrons. The standard InChI is InChI=1S/C17H24F2O2/c1-2-3-4-5-6-7-8-9-14(17(20)21)13-10-11-15(18)16(19)12-13/h10-12,14H,2-9H2,1H3,(H,20,21). The molecule has 0 aliphatic carbocycles. The Balaban J connectivity index is 2.43. The summed E-state index contributed by atoms with van der Waals surface area (Å²) in [6.07, 6.45) is 8.19. The highest BCUT2D eigenvalue weighted by Gasteiger charge is 2.20. The van der Waals surface area contributed by atoms with Gasteiger partial charge in [0.1, 0.15) is 0 Å². The van der Waals surface area contributed by atoms with Crippen LogP contribution in [0.15, 0.2) is 18.2 Å². The predicted molar refractivity (Wildman–Crippen MR) is 79.3 cm³/mol. The van der Waals surface area contributed by atoms with Crippen LogP contribution in [0.4, 0.5) is 8.78 Å². The Morgan fingerprint density at radius 1 is 1.05 bits per heavy atom. The SMILES string of the molecule is CCCCCCCCCC(C(=O)O)c1ccc(F)c(F)c1. The van der Waals surface area contributed by atoms with Crippen molar-refractivity contribution in [3.05, 3.63) is 35.4 Å². The Bertz CT molecular complexity index is 446. The lowest BCUT2D eigenvalue weighted by Gasteiger charge is -2.13. The summed E-state index contributed by atoms with van der Waals surface area (Å²) < 4.78 is 26.1. The van der Waals surface area contributed by atoms with Crippen molar-refractivity contribution in [1.82, 2.24) is 0 Å². The molecule has 0 bridgehead atoms. The first-order valence-corrected chi connectivity index (χ1v) is 7.74. The molecule has 0 radical (unpaired) electrons. The number of unbranched alkanes of at least 4 members (excludes halogenated alkanes) is 6. The first-order valence-electron chi connectivity index (χ1n) is 7.74. The lowest BCUT2D eigenvalue weighted by atomic mass is 9.93. The number of aliphatic carboxylic acids is 1. The molecule has 0 saturated carbocycles. The van der Waals surface area contributed by atoms with Crippen molar-refractivity contribution in [3.63, 3.8) is 0 Å². The van der Waals surface area contributed by atoms with E-state index in [-0.39, 0.29) is 0 Å². The van der Waals surface area contributed by atoms with Gasteiger partial charge in [-0.15, -0.1) is 0 Å². The Labute approximate surface area is 125 Å². The predicted octanol–water partition coefficient (Wildman–Crippen LogP) is 5.27. The zero-order valence-corrected chi connectivity index (χ0v) is 12.6. The van der Waals surface area contributed by atoms with E-state index in [2.05, 4.69) is 6.92 Å². The summed E-state index contributed by atoms with van der Waals surface area (Å²) in [5, 5.41) is 9.24. The van der Waals surface area contributed by atoms with Crippen LogP contribution < -0.4 is 0 Å². The van der Waals surface area contributed by atoms with Gasteiger partial charge in [0, 0.05) is 0 Å². The van der Waals surface area contributed by atoms with E-state index in [1.165, 1.54) is 31.7 Å². The highest BCUT2D eigenvalue weighted by molar-refractivity contribution is 5.76. The van der Waals surface area contributed by atoms with Crippen LogP contribution in [0.5, 0.6) is 0 Å². The molecule has 1 aromatic rings. The molecule has 0 aliphatic heterocycles. The molecule has 0 saturated heterocycles. The number of rotatable bonds is 10. The lowest BCUT2D eigenvalue weighted by molar-refractivity contribution is -0.139. The van der Waals surface area contributed by atoms with Crippen LogP contribution >= 0.6 is 0 Å². The quantitative estimate of drug-likeness (QED) is 0.597. The molecular weight excluding hydrogens is 274 g/mol. The number of halogens is 2. The lowest BCUT2D eigenvalue weighted by Crippen LogP contribution is -2.12. The molecule has 1 atom stereocenters. The molecule has 4 heteroatoms. The Kier molecular flexibility index (Phi) is 7.95. The Hall–Kier alpha value is -1.45. The summed E-state index contributed by atoms with van der Waals surface area (Å²) in [5.41, 5.74) is 0.340. The van der Waals surface area contributed by atoms with E-state index in [4.69, 9.17) is 0 Å². The van der Waals surface area contributed by atoms with E-state index in [1.807, 2.05) is 0 Å². The maximum atomic E-state index is 13.2. The Morgan fingerprint density at radius 3 is 2.24 bits per heavy atom. The third-order valence-corrected chi connectivity index (χ3v) is 3.74. The van der Waals surface area contributed by atoms with Crippen LogP contribution in [0.25, 0.3) is 0 Å². The van der Waals surface area contributed by atoms with E-state index in [9.17, 15) is 18.7 Å². The van der Waals surface area contributed by atoms with Crippen molar-refractivity contribution in [1.29, 1.82) is 0 Å².